The van der Waals surface area contributed by atoms with Crippen molar-refractivity contribution in [3.8, 4) is 11.5 Å². The summed E-state index contributed by atoms with van der Waals surface area (Å²) in [7, 11) is 3.19. The molecule has 1 amide bonds. The van der Waals surface area contributed by atoms with Crippen LogP contribution in [0, 0.1) is 0 Å². The molecule has 0 atom stereocenters. The van der Waals surface area contributed by atoms with Crippen LogP contribution in [0.4, 0.5) is 11.4 Å². The summed E-state index contributed by atoms with van der Waals surface area (Å²) in [5.41, 5.74) is 2.72. The number of amides is 1. The maximum atomic E-state index is 12.4. The molecule has 5 nitrogen and oxygen atoms in total. The monoisotopic (exact) mass is 356 g/mol. The number of rotatable bonds is 8. The average molecular weight is 356 g/mol. The lowest BCUT2D eigenvalue weighted by Crippen LogP contribution is -2.30. The van der Waals surface area contributed by atoms with Gasteiger partial charge in [0.05, 0.1) is 20.6 Å². The van der Waals surface area contributed by atoms with Gasteiger partial charge in [-0.2, -0.15) is 0 Å². The Morgan fingerprint density at radius 3 is 2.31 bits per heavy atom. The lowest BCUT2D eigenvalue weighted by atomic mass is 10.1. The van der Waals surface area contributed by atoms with Crippen molar-refractivity contribution in [2.24, 2.45) is 0 Å². The Morgan fingerprint density at radius 2 is 1.77 bits per heavy atom. The van der Waals surface area contributed by atoms with E-state index in [9.17, 15) is 4.79 Å². The molecule has 0 unspecified atom stereocenters. The van der Waals surface area contributed by atoms with Gasteiger partial charge in [-0.3, -0.25) is 4.79 Å². The molecule has 0 aromatic heterocycles. The van der Waals surface area contributed by atoms with E-state index < -0.39 is 0 Å². The summed E-state index contributed by atoms with van der Waals surface area (Å²) < 4.78 is 10.6. The Hall–Kier alpha value is -2.69. The van der Waals surface area contributed by atoms with Crippen molar-refractivity contribution >= 4 is 17.3 Å². The van der Waals surface area contributed by atoms with Gasteiger partial charge in [-0.1, -0.05) is 0 Å². The molecule has 0 aliphatic heterocycles. The first-order valence-electron chi connectivity index (χ1n) is 8.86. The molecule has 26 heavy (non-hydrogen) atoms. The van der Waals surface area contributed by atoms with Crippen LogP contribution in [0.3, 0.4) is 0 Å². The highest BCUT2D eigenvalue weighted by atomic mass is 16.5. The maximum Gasteiger partial charge on any atom is 0.228 e. The number of nitrogens with one attached hydrogen (secondary N) is 1. The second kappa shape index (κ2) is 9.13. The fraction of sp³-hybridized carbons (Fsp3) is 0.381. The van der Waals surface area contributed by atoms with Crippen LogP contribution in [-0.4, -0.2) is 32.7 Å². The van der Waals surface area contributed by atoms with Gasteiger partial charge in [0.15, 0.2) is 0 Å². The highest BCUT2D eigenvalue weighted by Crippen LogP contribution is 2.25. The summed E-state index contributed by atoms with van der Waals surface area (Å²) in [5, 5.41) is 2.94. The van der Waals surface area contributed by atoms with Crippen molar-refractivity contribution in [2.45, 2.75) is 33.2 Å². The number of benzene rings is 2. The fourth-order valence-corrected chi connectivity index (χ4v) is 2.98. The Balaban J connectivity index is 2.06. The van der Waals surface area contributed by atoms with E-state index in [1.54, 1.807) is 14.2 Å². The van der Waals surface area contributed by atoms with Crippen molar-refractivity contribution in [1.82, 2.24) is 0 Å². The second-order valence-corrected chi connectivity index (χ2v) is 6.33. The van der Waals surface area contributed by atoms with Crippen LogP contribution >= 0.6 is 0 Å². The van der Waals surface area contributed by atoms with Crippen molar-refractivity contribution in [1.29, 1.82) is 0 Å². The van der Waals surface area contributed by atoms with Crippen LogP contribution in [0.5, 0.6) is 11.5 Å². The van der Waals surface area contributed by atoms with E-state index in [4.69, 9.17) is 9.47 Å². The van der Waals surface area contributed by atoms with Gasteiger partial charge in [0.1, 0.15) is 11.5 Å². The molecule has 0 spiro atoms. The molecule has 2 aromatic rings. The molecule has 5 heteroatoms. The smallest absolute Gasteiger partial charge is 0.228 e. The minimum atomic E-state index is -0.0967. The van der Waals surface area contributed by atoms with E-state index in [-0.39, 0.29) is 12.3 Å². The van der Waals surface area contributed by atoms with E-state index in [1.165, 1.54) is 0 Å². The van der Waals surface area contributed by atoms with E-state index in [2.05, 4.69) is 31.0 Å². The third-order valence-corrected chi connectivity index (χ3v) is 4.29. The predicted octanol–water partition coefficient (Wildman–Crippen LogP) is 4.12. The van der Waals surface area contributed by atoms with Crippen LogP contribution < -0.4 is 19.7 Å². The molecule has 0 aliphatic rings. The van der Waals surface area contributed by atoms with Crippen LogP contribution in [0.1, 0.15) is 26.3 Å². The van der Waals surface area contributed by atoms with Gasteiger partial charge < -0.3 is 19.7 Å². The molecular weight excluding hydrogens is 328 g/mol. The van der Waals surface area contributed by atoms with E-state index >= 15 is 0 Å². The summed E-state index contributed by atoms with van der Waals surface area (Å²) >= 11 is 0. The molecule has 1 N–H and O–H groups in total. The summed E-state index contributed by atoms with van der Waals surface area (Å²) in [4.78, 5) is 14.7. The molecule has 140 valence electrons. The van der Waals surface area contributed by atoms with E-state index in [0.717, 1.165) is 23.5 Å². The molecule has 2 rings (SSSR count). The van der Waals surface area contributed by atoms with E-state index in [0.29, 0.717) is 17.5 Å². The summed E-state index contributed by atoms with van der Waals surface area (Å²) in [6.45, 7) is 7.41. The summed E-state index contributed by atoms with van der Waals surface area (Å²) in [6, 6.07) is 13.8. The topological polar surface area (TPSA) is 50.8 Å². The molecule has 0 saturated carbocycles. The molecule has 0 saturated heterocycles. The molecule has 0 heterocycles. The Bertz CT molecular complexity index is 727. The number of methoxy groups -OCH3 is 2. The molecule has 0 radical (unpaired) electrons. The lowest BCUT2D eigenvalue weighted by molar-refractivity contribution is -0.115. The van der Waals surface area contributed by atoms with Crippen molar-refractivity contribution in [3.63, 3.8) is 0 Å². The largest absolute Gasteiger partial charge is 0.497 e. The first kappa shape index (κ1) is 19.6. The highest BCUT2D eigenvalue weighted by Gasteiger charge is 2.12. The average Bonchev–Trinajstić information content (AvgIpc) is 2.63. The van der Waals surface area contributed by atoms with Gasteiger partial charge in [0.2, 0.25) is 5.91 Å². The molecule has 0 aliphatic carbocycles. The van der Waals surface area contributed by atoms with Gasteiger partial charge in [-0.05, 0) is 63.2 Å². The number of hydrogen-bond acceptors (Lipinski definition) is 4. The van der Waals surface area contributed by atoms with Crippen LogP contribution in [-0.2, 0) is 11.2 Å². The zero-order valence-electron chi connectivity index (χ0n) is 16.2. The van der Waals surface area contributed by atoms with Gasteiger partial charge in [0, 0.05) is 29.5 Å². The van der Waals surface area contributed by atoms with Gasteiger partial charge in [-0.15, -0.1) is 0 Å². The molecule has 0 bridgehead atoms. The molecule has 2 aromatic carbocycles. The van der Waals surface area contributed by atoms with Gasteiger partial charge in [-0.25, -0.2) is 0 Å². The second-order valence-electron chi connectivity index (χ2n) is 6.33. The fourth-order valence-electron chi connectivity index (χ4n) is 2.98. The minimum Gasteiger partial charge on any atom is -0.497 e. The normalized spacial score (nSPS) is 10.5. The SMILES string of the molecule is CCN(c1ccc(NC(=O)Cc2cc(OC)ccc2OC)cc1)C(C)C. The highest BCUT2D eigenvalue weighted by molar-refractivity contribution is 5.92. The van der Waals surface area contributed by atoms with Crippen LogP contribution in [0.2, 0.25) is 0 Å². The van der Waals surface area contributed by atoms with Crippen molar-refractivity contribution < 1.29 is 14.3 Å². The number of carbonyl (C=O) groups is 1. The predicted molar refractivity (Wildman–Crippen MR) is 106 cm³/mol. The molecule has 0 fully saturated rings. The standard InChI is InChI=1S/C21H28N2O3/c1-6-23(15(2)3)18-9-7-17(8-10-18)22-21(24)14-16-13-19(25-4)11-12-20(16)26-5/h7-13,15H,6,14H2,1-5H3,(H,22,24). The van der Waals surface area contributed by atoms with Crippen molar-refractivity contribution in [3.05, 3.63) is 48.0 Å². The zero-order valence-corrected chi connectivity index (χ0v) is 16.2. The Kier molecular flexibility index (Phi) is 6.89. The van der Waals surface area contributed by atoms with Crippen molar-refractivity contribution in [2.75, 3.05) is 31.0 Å². The number of nitrogens with zero attached hydrogens (tertiary/aromatic N) is 1. The Morgan fingerprint density at radius 1 is 1.08 bits per heavy atom. The third-order valence-electron chi connectivity index (χ3n) is 4.29. The Labute approximate surface area is 155 Å². The summed E-state index contributed by atoms with van der Waals surface area (Å²) in [5.74, 6) is 1.28. The first-order chi connectivity index (χ1) is 12.5. The van der Waals surface area contributed by atoms with E-state index in [1.807, 2.05) is 42.5 Å². The lowest BCUT2D eigenvalue weighted by Gasteiger charge is -2.27. The maximum absolute atomic E-state index is 12.4. The van der Waals surface area contributed by atoms with Gasteiger partial charge in [0.25, 0.3) is 0 Å². The number of carbonyl (C=O) groups excluding carboxylic acids is 1. The number of anilines is 2. The minimum absolute atomic E-state index is 0.0967. The molecular formula is C21H28N2O3. The zero-order chi connectivity index (χ0) is 19.1. The first-order valence-corrected chi connectivity index (χ1v) is 8.86. The number of hydrogen-bond donors (Lipinski definition) is 1. The number of ether oxygens (including phenoxy) is 2. The summed E-state index contributed by atoms with van der Waals surface area (Å²) in [6.07, 6.45) is 0.217. The van der Waals surface area contributed by atoms with Crippen LogP contribution in [0.15, 0.2) is 42.5 Å². The third kappa shape index (κ3) is 4.91. The quantitative estimate of drug-likeness (QED) is 0.773. The van der Waals surface area contributed by atoms with Gasteiger partial charge >= 0.3 is 0 Å². The van der Waals surface area contributed by atoms with Crippen LogP contribution in [0.25, 0.3) is 0 Å².